The third-order valence-corrected chi connectivity index (χ3v) is 5.76. The van der Waals surface area contributed by atoms with Gasteiger partial charge in [-0.25, -0.2) is 4.98 Å². The molecule has 1 N–H and O–H groups in total. The zero-order valence-corrected chi connectivity index (χ0v) is 16.2. The van der Waals surface area contributed by atoms with Crippen LogP contribution in [-0.4, -0.2) is 40.7 Å². The predicted molar refractivity (Wildman–Crippen MR) is 105 cm³/mol. The number of anilines is 1. The van der Waals surface area contributed by atoms with E-state index in [-0.39, 0.29) is 5.91 Å². The summed E-state index contributed by atoms with van der Waals surface area (Å²) in [6.07, 6.45) is 3.83. The van der Waals surface area contributed by atoms with E-state index in [0.717, 1.165) is 49.0 Å². The van der Waals surface area contributed by atoms with Gasteiger partial charge in [0, 0.05) is 31.6 Å². The lowest BCUT2D eigenvalue weighted by atomic mass is 9.97. The number of benzene rings is 1. The number of nitrogens with one attached hydrogen (secondary N) is 1. The molecule has 7 nitrogen and oxygen atoms in total. The second-order valence-corrected chi connectivity index (χ2v) is 7.80. The van der Waals surface area contributed by atoms with Gasteiger partial charge in [-0.1, -0.05) is 6.92 Å². The zero-order valence-electron chi connectivity index (χ0n) is 15.4. The Hall–Kier alpha value is -2.48. The van der Waals surface area contributed by atoms with E-state index in [1.165, 1.54) is 0 Å². The summed E-state index contributed by atoms with van der Waals surface area (Å²) in [7, 11) is 0. The van der Waals surface area contributed by atoms with Gasteiger partial charge in [0.15, 0.2) is 0 Å². The van der Waals surface area contributed by atoms with E-state index < -0.39 is 0 Å². The fourth-order valence-electron chi connectivity index (χ4n) is 3.36. The van der Waals surface area contributed by atoms with Crippen molar-refractivity contribution in [2.75, 3.05) is 24.5 Å². The van der Waals surface area contributed by atoms with E-state index in [2.05, 4.69) is 32.3 Å². The number of amides is 1. The van der Waals surface area contributed by atoms with Crippen LogP contribution in [0.2, 0.25) is 0 Å². The molecule has 1 saturated heterocycles. The van der Waals surface area contributed by atoms with E-state index in [4.69, 9.17) is 4.52 Å². The van der Waals surface area contributed by atoms with Crippen LogP contribution in [0, 0.1) is 5.92 Å². The lowest BCUT2D eigenvalue weighted by molar-refractivity contribution is 0.0945. The highest BCUT2D eigenvalue weighted by atomic mass is 32.1. The highest BCUT2D eigenvalue weighted by Crippen LogP contribution is 2.22. The molecule has 1 aromatic carbocycles. The molecule has 142 valence electrons. The molecule has 0 spiro atoms. The standard InChI is InChI=1S/C19H23N5O2S/c1-2-3-17-22-19(23-26-17)24-8-6-13(7-9-24)11-20-18(25)14-4-5-15-16(10-14)27-12-21-15/h4-5,10,12-13H,2-3,6-9,11H2,1H3,(H,20,25). The summed E-state index contributed by atoms with van der Waals surface area (Å²) >= 11 is 1.55. The molecular formula is C19H23N5O2S. The van der Waals surface area contributed by atoms with Gasteiger partial charge in [0.05, 0.1) is 15.7 Å². The second-order valence-electron chi connectivity index (χ2n) is 6.91. The summed E-state index contributed by atoms with van der Waals surface area (Å²) in [6, 6.07) is 5.65. The van der Waals surface area contributed by atoms with Crippen molar-refractivity contribution < 1.29 is 9.32 Å². The van der Waals surface area contributed by atoms with Crippen molar-refractivity contribution in [3.05, 3.63) is 35.2 Å². The van der Waals surface area contributed by atoms with Crippen molar-refractivity contribution >= 4 is 33.4 Å². The van der Waals surface area contributed by atoms with E-state index >= 15 is 0 Å². The second kappa shape index (κ2) is 8.04. The first-order valence-electron chi connectivity index (χ1n) is 9.42. The van der Waals surface area contributed by atoms with Crippen LogP contribution in [0.15, 0.2) is 28.2 Å². The minimum atomic E-state index is -0.0184. The van der Waals surface area contributed by atoms with Gasteiger partial charge >= 0.3 is 0 Å². The van der Waals surface area contributed by atoms with Crippen molar-refractivity contribution in [1.82, 2.24) is 20.4 Å². The maximum atomic E-state index is 12.4. The Kier molecular flexibility index (Phi) is 5.33. The van der Waals surface area contributed by atoms with Crippen LogP contribution in [0.4, 0.5) is 5.95 Å². The van der Waals surface area contributed by atoms with Crippen LogP contribution >= 0.6 is 11.3 Å². The van der Waals surface area contributed by atoms with Crippen LogP contribution in [-0.2, 0) is 6.42 Å². The van der Waals surface area contributed by atoms with E-state index in [1.54, 1.807) is 16.8 Å². The number of aromatic nitrogens is 3. The fraction of sp³-hybridized carbons (Fsp3) is 0.474. The Balaban J connectivity index is 1.26. The fourth-order valence-corrected chi connectivity index (χ4v) is 4.08. The minimum absolute atomic E-state index is 0.0184. The highest BCUT2D eigenvalue weighted by Gasteiger charge is 2.23. The average Bonchev–Trinajstić information content (AvgIpc) is 3.35. The summed E-state index contributed by atoms with van der Waals surface area (Å²) in [4.78, 5) is 23.3. The van der Waals surface area contributed by atoms with Crippen molar-refractivity contribution in [3.63, 3.8) is 0 Å². The number of nitrogens with zero attached hydrogens (tertiary/aromatic N) is 4. The molecule has 0 atom stereocenters. The Morgan fingerprint density at radius 2 is 2.22 bits per heavy atom. The molecule has 1 amide bonds. The van der Waals surface area contributed by atoms with Crippen molar-refractivity contribution in [1.29, 1.82) is 0 Å². The molecular weight excluding hydrogens is 362 g/mol. The first-order chi connectivity index (χ1) is 13.2. The Labute approximate surface area is 161 Å². The first kappa shape index (κ1) is 17.9. The number of rotatable bonds is 6. The maximum absolute atomic E-state index is 12.4. The zero-order chi connectivity index (χ0) is 18.6. The molecule has 0 bridgehead atoms. The van der Waals surface area contributed by atoms with Crippen LogP contribution in [0.25, 0.3) is 10.2 Å². The summed E-state index contributed by atoms with van der Waals surface area (Å²) in [5.74, 6) is 1.85. The Morgan fingerprint density at radius 3 is 3.04 bits per heavy atom. The smallest absolute Gasteiger partial charge is 0.266 e. The lowest BCUT2D eigenvalue weighted by Gasteiger charge is -2.30. The number of aryl methyl sites for hydroxylation is 1. The molecule has 0 unspecified atom stereocenters. The van der Waals surface area contributed by atoms with Gasteiger partial charge in [-0.05, 0) is 48.5 Å². The minimum Gasteiger partial charge on any atom is -0.352 e. The summed E-state index contributed by atoms with van der Waals surface area (Å²) in [5.41, 5.74) is 3.43. The van der Waals surface area contributed by atoms with Crippen molar-refractivity contribution in [3.8, 4) is 0 Å². The van der Waals surface area contributed by atoms with Crippen LogP contribution < -0.4 is 10.2 Å². The number of hydrogen-bond acceptors (Lipinski definition) is 7. The molecule has 2 aromatic heterocycles. The van der Waals surface area contributed by atoms with E-state index in [0.29, 0.717) is 29.9 Å². The van der Waals surface area contributed by atoms with E-state index in [9.17, 15) is 4.79 Å². The number of hydrogen-bond donors (Lipinski definition) is 1. The van der Waals surface area contributed by atoms with Crippen LogP contribution in [0.5, 0.6) is 0 Å². The van der Waals surface area contributed by atoms with Gasteiger partial charge in [0.1, 0.15) is 0 Å². The molecule has 1 aliphatic heterocycles. The lowest BCUT2D eigenvalue weighted by Crippen LogP contribution is -2.39. The Morgan fingerprint density at radius 1 is 1.37 bits per heavy atom. The molecule has 0 aliphatic carbocycles. The third-order valence-electron chi connectivity index (χ3n) is 4.96. The number of carbonyl (C=O) groups is 1. The monoisotopic (exact) mass is 385 g/mol. The number of fused-ring (bicyclic) bond motifs is 1. The van der Waals surface area contributed by atoms with Gasteiger partial charge in [0.25, 0.3) is 11.9 Å². The molecule has 8 heteroatoms. The van der Waals surface area contributed by atoms with E-state index in [1.807, 2.05) is 18.2 Å². The summed E-state index contributed by atoms with van der Waals surface area (Å²) < 4.78 is 6.31. The molecule has 0 saturated carbocycles. The molecule has 4 rings (SSSR count). The molecule has 27 heavy (non-hydrogen) atoms. The van der Waals surface area contributed by atoms with Gasteiger partial charge in [-0.3, -0.25) is 4.79 Å². The first-order valence-corrected chi connectivity index (χ1v) is 10.3. The largest absolute Gasteiger partial charge is 0.352 e. The highest BCUT2D eigenvalue weighted by molar-refractivity contribution is 7.16. The quantitative estimate of drug-likeness (QED) is 0.701. The van der Waals surface area contributed by atoms with Crippen molar-refractivity contribution in [2.45, 2.75) is 32.6 Å². The molecule has 3 aromatic rings. The van der Waals surface area contributed by atoms with Gasteiger partial charge in [-0.2, -0.15) is 4.98 Å². The normalized spacial score (nSPS) is 15.4. The van der Waals surface area contributed by atoms with Crippen LogP contribution in [0.3, 0.4) is 0 Å². The van der Waals surface area contributed by atoms with Crippen molar-refractivity contribution in [2.24, 2.45) is 5.92 Å². The topological polar surface area (TPSA) is 84.2 Å². The summed E-state index contributed by atoms with van der Waals surface area (Å²) in [5, 5.41) is 7.16. The SMILES string of the molecule is CCCc1nc(N2CCC(CNC(=O)c3ccc4ncsc4c3)CC2)no1. The number of piperidine rings is 1. The number of thiazole rings is 1. The van der Waals surface area contributed by atoms with Gasteiger partial charge in [-0.15, -0.1) is 11.3 Å². The predicted octanol–water partition coefficient (Wildman–Crippen LogP) is 3.28. The van der Waals surface area contributed by atoms with Gasteiger partial charge < -0.3 is 14.7 Å². The van der Waals surface area contributed by atoms with Gasteiger partial charge in [0.2, 0.25) is 5.89 Å². The third kappa shape index (κ3) is 4.10. The molecule has 3 heterocycles. The van der Waals surface area contributed by atoms with Crippen LogP contribution in [0.1, 0.15) is 42.4 Å². The summed E-state index contributed by atoms with van der Waals surface area (Å²) in [6.45, 7) is 4.57. The number of carbonyl (C=O) groups excluding carboxylic acids is 1. The molecule has 0 radical (unpaired) electrons. The maximum Gasteiger partial charge on any atom is 0.266 e. The Bertz CT molecular complexity index is 914. The molecule has 1 fully saturated rings. The molecule has 1 aliphatic rings. The average molecular weight is 385 g/mol.